The van der Waals surface area contributed by atoms with Gasteiger partial charge in [0.15, 0.2) is 5.82 Å². The number of quaternary nitrogens is 1. The van der Waals surface area contributed by atoms with Gasteiger partial charge >= 0.3 is 0 Å². The maximum Gasteiger partial charge on any atom is 0.184 e. The molecular weight excluding hydrogens is 265 g/mol. The molecule has 0 radical (unpaired) electrons. The van der Waals surface area contributed by atoms with Crippen molar-refractivity contribution >= 4 is 22.6 Å². The molecule has 0 aliphatic rings. The molecule has 4 heteroatoms. The summed E-state index contributed by atoms with van der Waals surface area (Å²) >= 11 is 2.20. The summed E-state index contributed by atoms with van der Waals surface area (Å²) in [6.07, 6.45) is 1.81. The molecule has 1 rings (SSSR count). The van der Waals surface area contributed by atoms with Crippen molar-refractivity contribution in [1.29, 1.82) is 0 Å². The monoisotopic (exact) mass is 278 g/mol. The van der Waals surface area contributed by atoms with Crippen molar-refractivity contribution in [2.24, 2.45) is 0 Å². The highest BCUT2D eigenvalue weighted by Gasteiger charge is 2.10. The van der Waals surface area contributed by atoms with Gasteiger partial charge in [-0.25, -0.2) is 9.97 Å². The topological polar surface area (TPSA) is 25.8 Å². The van der Waals surface area contributed by atoms with E-state index in [9.17, 15) is 0 Å². The second-order valence-electron chi connectivity index (χ2n) is 3.74. The molecule has 0 aliphatic carbocycles. The van der Waals surface area contributed by atoms with Crippen LogP contribution in [0.2, 0.25) is 0 Å². The molecule has 1 aromatic heterocycles. The van der Waals surface area contributed by atoms with Gasteiger partial charge in [-0.2, -0.15) is 0 Å². The summed E-state index contributed by atoms with van der Waals surface area (Å²) < 4.78 is 1.87. The second kappa shape index (κ2) is 3.66. The molecule has 3 nitrogen and oxygen atoms in total. The molecule has 0 N–H and O–H groups in total. The SMILES string of the molecule is C[N+](C)(C)Cc1nccc(I)n1. The Hall–Kier alpha value is -0.230. The third-order valence-corrected chi connectivity index (χ3v) is 1.89. The molecule has 0 bridgehead atoms. The van der Waals surface area contributed by atoms with Gasteiger partial charge in [0.1, 0.15) is 10.2 Å². The van der Waals surface area contributed by atoms with Crippen LogP contribution >= 0.6 is 22.6 Å². The van der Waals surface area contributed by atoms with Crippen LogP contribution in [0.1, 0.15) is 5.82 Å². The summed E-state index contributed by atoms with van der Waals surface area (Å²) in [6, 6.07) is 1.90. The molecule has 0 aliphatic heterocycles. The minimum atomic E-state index is 0.861. The first-order chi connectivity index (χ1) is 5.47. The highest BCUT2D eigenvalue weighted by atomic mass is 127. The lowest BCUT2D eigenvalue weighted by Gasteiger charge is -2.22. The molecule has 1 aromatic rings. The molecule has 0 unspecified atom stereocenters. The quantitative estimate of drug-likeness (QED) is 0.463. The normalized spacial score (nSPS) is 11.7. The molecule has 1 heterocycles. The Bertz CT molecular complexity index is 267. The third kappa shape index (κ3) is 3.44. The summed E-state index contributed by atoms with van der Waals surface area (Å²) in [7, 11) is 6.38. The molecule has 0 amide bonds. The molecule has 0 saturated heterocycles. The van der Waals surface area contributed by atoms with E-state index in [1.165, 1.54) is 0 Å². The number of nitrogens with zero attached hydrogens (tertiary/aromatic N) is 3. The predicted molar refractivity (Wildman–Crippen MR) is 56.5 cm³/mol. The number of rotatable bonds is 2. The summed E-state index contributed by atoms with van der Waals surface area (Å²) in [4.78, 5) is 8.51. The Labute approximate surface area is 86.6 Å². The Morgan fingerprint density at radius 1 is 1.42 bits per heavy atom. The Morgan fingerprint density at radius 2 is 2.08 bits per heavy atom. The maximum atomic E-state index is 4.32. The van der Waals surface area contributed by atoms with E-state index in [0.717, 1.165) is 20.6 Å². The molecule has 0 saturated carbocycles. The fourth-order valence-electron chi connectivity index (χ4n) is 0.875. The zero-order valence-electron chi connectivity index (χ0n) is 7.58. The standard InChI is InChI=1S/C8H13IN3/c1-12(2,3)6-8-10-5-4-7(9)11-8/h4-5H,6H2,1-3H3/q+1. The van der Waals surface area contributed by atoms with Crippen LogP contribution in [0.5, 0.6) is 0 Å². The summed E-state index contributed by atoms with van der Waals surface area (Å²) in [5.74, 6) is 0.911. The first-order valence-electron chi connectivity index (χ1n) is 3.75. The minimum absolute atomic E-state index is 0.861. The number of hydrogen-bond acceptors (Lipinski definition) is 2. The molecule has 0 spiro atoms. The lowest BCUT2D eigenvalue weighted by Crippen LogP contribution is -2.34. The van der Waals surface area contributed by atoms with Gasteiger partial charge in [0, 0.05) is 6.20 Å². The third-order valence-electron chi connectivity index (χ3n) is 1.29. The van der Waals surface area contributed by atoms with E-state index >= 15 is 0 Å². The van der Waals surface area contributed by atoms with E-state index in [1.807, 2.05) is 6.07 Å². The van der Waals surface area contributed by atoms with Crippen LogP contribution in [-0.2, 0) is 6.54 Å². The van der Waals surface area contributed by atoms with Crippen LogP contribution < -0.4 is 0 Å². The Morgan fingerprint density at radius 3 is 2.58 bits per heavy atom. The maximum absolute atomic E-state index is 4.32. The van der Waals surface area contributed by atoms with Crippen LogP contribution in [0.15, 0.2) is 12.3 Å². The van der Waals surface area contributed by atoms with Gasteiger partial charge in [-0.3, -0.25) is 0 Å². The van der Waals surface area contributed by atoms with E-state index in [0.29, 0.717) is 0 Å². The van der Waals surface area contributed by atoms with E-state index in [4.69, 9.17) is 0 Å². The van der Waals surface area contributed by atoms with Gasteiger partial charge in [0.25, 0.3) is 0 Å². The lowest BCUT2D eigenvalue weighted by molar-refractivity contribution is -0.884. The van der Waals surface area contributed by atoms with E-state index < -0.39 is 0 Å². The van der Waals surface area contributed by atoms with Crippen molar-refractivity contribution in [3.8, 4) is 0 Å². The van der Waals surface area contributed by atoms with Crippen LogP contribution in [0.4, 0.5) is 0 Å². The van der Waals surface area contributed by atoms with Crippen molar-refractivity contribution in [3.63, 3.8) is 0 Å². The van der Waals surface area contributed by atoms with Crippen LogP contribution in [0.25, 0.3) is 0 Å². The van der Waals surface area contributed by atoms with Gasteiger partial charge in [0.2, 0.25) is 0 Å². The van der Waals surface area contributed by atoms with E-state index in [-0.39, 0.29) is 0 Å². The second-order valence-corrected chi connectivity index (χ2v) is 4.85. The van der Waals surface area contributed by atoms with Crippen LogP contribution in [0.3, 0.4) is 0 Å². The van der Waals surface area contributed by atoms with Crippen molar-refractivity contribution in [2.75, 3.05) is 21.1 Å². The van der Waals surface area contributed by atoms with E-state index in [2.05, 4.69) is 53.7 Å². The van der Waals surface area contributed by atoms with Crippen molar-refractivity contribution in [1.82, 2.24) is 9.97 Å². The Balaban J connectivity index is 2.77. The first kappa shape index (κ1) is 9.85. The number of halogens is 1. The summed E-state index contributed by atoms with van der Waals surface area (Å²) in [5, 5.41) is 0. The molecule has 0 atom stereocenters. The number of aromatic nitrogens is 2. The fraction of sp³-hybridized carbons (Fsp3) is 0.500. The highest BCUT2D eigenvalue weighted by molar-refractivity contribution is 14.1. The molecular formula is C8H13IN3+. The Kier molecular flexibility index (Phi) is 3.00. The van der Waals surface area contributed by atoms with Crippen LogP contribution in [-0.4, -0.2) is 35.6 Å². The molecule has 0 fully saturated rings. The predicted octanol–water partition coefficient (Wildman–Crippen LogP) is 1.29. The minimum Gasteiger partial charge on any atom is -0.325 e. The molecule has 12 heavy (non-hydrogen) atoms. The van der Waals surface area contributed by atoms with Crippen molar-refractivity contribution < 1.29 is 4.48 Å². The summed E-state index contributed by atoms with van der Waals surface area (Å²) in [6.45, 7) is 0.872. The average molecular weight is 278 g/mol. The smallest absolute Gasteiger partial charge is 0.184 e. The highest BCUT2D eigenvalue weighted by Crippen LogP contribution is 2.03. The number of hydrogen-bond donors (Lipinski definition) is 0. The van der Waals surface area contributed by atoms with E-state index in [1.54, 1.807) is 6.20 Å². The van der Waals surface area contributed by atoms with Crippen molar-refractivity contribution in [3.05, 3.63) is 21.8 Å². The fourth-order valence-corrected chi connectivity index (χ4v) is 1.31. The van der Waals surface area contributed by atoms with Gasteiger partial charge in [-0.1, -0.05) is 0 Å². The molecule has 66 valence electrons. The zero-order chi connectivity index (χ0) is 9.19. The largest absolute Gasteiger partial charge is 0.325 e. The molecule has 0 aromatic carbocycles. The van der Waals surface area contributed by atoms with Gasteiger partial charge < -0.3 is 4.48 Å². The average Bonchev–Trinajstić information content (AvgIpc) is 1.82. The van der Waals surface area contributed by atoms with Gasteiger partial charge in [-0.15, -0.1) is 0 Å². The summed E-state index contributed by atoms with van der Waals surface area (Å²) in [5.41, 5.74) is 0. The van der Waals surface area contributed by atoms with Gasteiger partial charge in [0.05, 0.1) is 21.1 Å². The zero-order valence-corrected chi connectivity index (χ0v) is 9.74. The van der Waals surface area contributed by atoms with Crippen LogP contribution in [0, 0.1) is 3.70 Å². The lowest BCUT2D eigenvalue weighted by atomic mass is 10.5. The van der Waals surface area contributed by atoms with Gasteiger partial charge in [-0.05, 0) is 28.7 Å². The van der Waals surface area contributed by atoms with Crippen molar-refractivity contribution in [2.45, 2.75) is 6.54 Å². The first-order valence-corrected chi connectivity index (χ1v) is 4.83.